The molecule has 110 valence electrons. The molecule has 0 saturated carbocycles. The topological polar surface area (TPSA) is 20.3 Å². The van der Waals surface area contributed by atoms with Gasteiger partial charge >= 0.3 is 0 Å². The summed E-state index contributed by atoms with van der Waals surface area (Å²) in [4.78, 5) is 13.4. The normalized spacial score (nSPS) is 10.5. The Morgan fingerprint density at radius 2 is 1.71 bits per heavy atom. The summed E-state index contributed by atoms with van der Waals surface area (Å²) in [5, 5.41) is 0. The molecular weight excluding hydrogens is 279 g/mol. The van der Waals surface area contributed by atoms with Crippen molar-refractivity contribution < 1.29 is 18.0 Å². The van der Waals surface area contributed by atoms with Crippen LogP contribution in [0.5, 0.6) is 0 Å². The van der Waals surface area contributed by atoms with Crippen LogP contribution in [0, 0.1) is 24.4 Å². The van der Waals surface area contributed by atoms with Gasteiger partial charge in [0.1, 0.15) is 5.82 Å². The van der Waals surface area contributed by atoms with Gasteiger partial charge in [0.2, 0.25) is 0 Å². The maximum absolute atomic E-state index is 13.8. The summed E-state index contributed by atoms with van der Waals surface area (Å²) in [6.45, 7) is 1.78. The number of carbonyl (C=O) groups excluding carboxylic acids is 1. The highest BCUT2D eigenvalue weighted by Gasteiger charge is 2.16. The molecule has 0 aromatic heterocycles. The van der Waals surface area contributed by atoms with Crippen LogP contribution < -0.4 is 0 Å². The minimum Gasteiger partial charge on any atom is -0.337 e. The summed E-state index contributed by atoms with van der Waals surface area (Å²) in [6.07, 6.45) is 0. The molecule has 2 nitrogen and oxygen atoms in total. The molecule has 0 spiro atoms. The largest absolute Gasteiger partial charge is 0.337 e. The van der Waals surface area contributed by atoms with E-state index in [0.717, 1.165) is 12.1 Å². The lowest BCUT2D eigenvalue weighted by atomic mass is 10.1. The first kappa shape index (κ1) is 15.1. The van der Waals surface area contributed by atoms with E-state index in [1.165, 1.54) is 30.1 Å². The summed E-state index contributed by atoms with van der Waals surface area (Å²) in [5.74, 6) is -3.04. The van der Waals surface area contributed by atoms with Crippen molar-refractivity contribution in [1.82, 2.24) is 4.90 Å². The van der Waals surface area contributed by atoms with E-state index in [0.29, 0.717) is 11.1 Å². The first-order valence-electron chi connectivity index (χ1n) is 6.34. The first-order valence-corrected chi connectivity index (χ1v) is 6.34. The number of hydrogen-bond donors (Lipinski definition) is 0. The third kappa shape index (κ3) is 3.42. The smallest absolute Gasteiger partial charge is 0.256 e. The van der Waals surface area contributed by atoms with Gasteiger partial charge in [-0.25, -0.2) is 13.2 Å². The Morgan fingerprint density at radius 3 is 2.33 bits per heavy atom. The Balaban J connectivity index is 2.17. The molecular formula is C16H14F3NO. The van der Waals surface area contributed by atoms with Gasteiger partial charge in [0.05, 0.1) is 5.56 Å². The Hall–Kier alpha value is -2.30. The second-order valence-electron chi connectivity index (χ2n) is 4.89. The van der Waals surface area contributed by atoms with Crippen molar-refractivity contribution in [2.45, 2.75) is 13.5 Å². The number of amides is 1. The molecule has 21 heavy (non-hydrogen) atoms. The van der Waals surface area contributed by atoms with Gasteiger partial charge in [-0.15, -0.1) is 0 Å². The fraction of sp³-hybridized carbons (Fsp3) is 0.188. The number of carbonyl (C=O) groups is 1. The van der Waals surface area contributed by atoms with E-state index < -0.39 is 23.4 Å². The molecule has 1 amide bonds. The third-order valence-corrected chi connectivity index (χ3v) is 3.11. The molecule has 0 N–H and O–H groups in total. The van der Waals surface area contributed by atoms with Gasteiger partial charge < -0.3 is 4.90 Å². The number of rotatable bonds is 3. The standard InChI is InChI=1S/C16H14F3NO/c1-10-3-5-12(14(18)7-10)16(21)20(2)9-11-4-6-13(17)15(19)8-11/h3-8H,9H2,1-2H3. The van der Waals surface area contributed by atoms with Crippen LogP contribution in [0.3, 0.4) is 0 Å². The van der Waals surface area contributed by atoms with E-state index in [-0.39, 0.29) is 12.1 Å². The van der Waals surface area contributed by atoms with Gasteiger partial charge in [0.25, 0.3) is 5.91 Å². The average Bonchev–Trinajstić information content (AvgIpc) is 2.42. The SMILES string of the molecule is Cc1ccc(C(=O)N(C)Cc2ccc(F)c(F)c2)c(F)c1. The molecule has 5 heteroatoms. The van der Waals surface area contributed by atoms with Crippen LogP contribution >= 0.6 is 0 Å². The van der Waals surface area contributed by atoms with Gasteiger partial charge in [0.15, 0.2) is 11.6 Å². The fourth-order valence-corrected chi connectivity index (χ4v) is 1.98. The zero-order valence-corrected chi connectivity index (χ0v) is 11.7. The second-order valence-corrected chi connectivity index (χ2v) is 4.89. The fourth-order valence-electron chi connectivity index (χ4n) is 1.98. The number of aryl methyl sites for hydroxylation is 1. The minimum atomic E-state index is -0.977. The lowest BCUT2D eigenvalue weighted by Gasteiger charge is -2.18. The van der Waals surface area contributed by atoms with Crippen LogP contribution in [-0.4, -0.2) is 17.9 Å². The Kier molecular flexibility index (Phi) is 4.31. The summed E-state index contributed by atoms with van der Waals surface area (Å²) in [7, 11) is 1.48. The van der Waals surface area contributed by atoms with Crippen LogP contribution in [0.2, 0.25) is 0 Å². The molecule has 0 aliphatic heterocycles. The lowest BCUT2D eigenvalue weighted by molar-refractivity contribution is 0.0780. The van der Waals surface area contributed by atoms with E-state index >= 15 is 0 Å². The third-order valence-electron chi connectivity index (χ3n) is 3.11. The van der Waals surface area contributed by atoms with Crippen molar-refractivity contribution in [1.29, 1.82) is 0 Å². The highest BCUT2D eigenvalue weighted by molar-refractivity contribution is 5.94. The molecule has 0 radical (unpaired) electrons. The van der Waals surface area contributed by atoms with Crippen molar-refractivity contribution in [3.05, 3.63) is 70.5 Å². The van der Waals surface area contributed by atoms with Gasteiger partial charge in [-0.05, 0) is 42.3 Å². The molecule has 2 aromatic carbocycles. The van der Waals surface area contributed by atoms with E-state index in [4.69, 9.17) is 0 Å². The van der Waals surface area contributed by atoms with Crippen LogP contribution in [0.15, 0.2) is 36.4 Å². The van der Waals surface area contributed by atoms with Crippen LogP contribution in [0.4, 0.5) is 13.2 Å². The van der Waals surface area contributed by atoms with Crippen LogP contribution in [0.25, 0.3) is 0 Å². The molecule has 2 rings (SSSR count). The molecule has 0 saturated heterocycles. The van der Waals surface area contributed by atoms with Crippen LogP contribution in [0.1, 0.15) is 21.5 Å². The molecule has 0 aliphatic rings. The molecule has 0 bridgehead atoms. The zero-order valence-electron chi connectivity index (χ0n) is 11.7. The van der Waals surface area contributed by atoms with E-state index in [2.05, 4.69) is 0 Å². The quantitative estimate of drug-likeness (QED) is 0.845. The van der Waals surface area contributed by atoms with Gasteiger partial charge in [-0.2, -0.15) is 0 Å². The first-order chi connectivity index (χ1) is 9.88. The summed E-state index contributed by atoms with van der Waals surface area (Å²) >= 11 is 0. The maximum Gasteiger partial charge on any atom is 0.256 e. The summed E-state index contributed by atoms with van der Waals surface area (Å²) < 4.78 is 39.7. The highest BCUT2D eigenvalue weighted by Crippen LogP contribution is 2.15. The zero-order chi connectivity index (χ0) is 15.6. The Morgan fingerprint density at radius 1 is 1.00 bits per heavy atom. The molecule has 0 fully saturated rings. The number of hydrogen-bond acceptors (Lipinski definition) is 1. The Labute approximate surface area is 120 Å². The predicted molar refractivity (Wildman–Crippen MR) is 73.3 cm³/mol. The second kappa shape index (κ2) is 5.99. The van der Waals surface area contributed by atoms with Crippen molar-refractivity contribution in [2.24, 2.45) is 0 Å². The number of halogens is 3. The molecule has 0 unspecified atom stereocenters. The van der Waals surface area contributed by atoms with Crippen molar-refractivity contribution in [3.8, 4) is 0 Å². The van der Waals surface area contributed by atoms with E-state index in [1.54, 1.807) is 13.0 Å². The predicted octanol–water partition coefficient (Wildman–Crippen LogP) is 3.68. The van der Waals surface area contributed by atoms with Crippen molar-refractivity contribution in [3.63, 3.8) is 0 Å². The molecule has 0 atom stereocenters. The molecule has 0 aliphatic carbocycles. The van der Waals surface area contributed by atoms with Crippen molar-refractivity contribution in [2.75, 3.05) is 7.05 Å². The van der Waals surface area contributed by atoms with Gasteiger partial charge in [-0.3, -0.25) is 4.79 Å². The molecule has 0 heterocycles. The minimum absolute atomic E-state index is 0.0503. The summed E-state index contributed by atoms with van der Waals surface area (Å²) in [6, 6.07) is 7.73. The lowest BCUT2D eigenvalue weighted by Crippen LogP contribution is -2.27. The van der Waals surface area contributed by atoms with E-state index in [9.17, 15) is 18.0 Å². The number of nitrogens with zero attached hydrogens (tertiary/aromatic N) is 1. The van der Waals surface area contributed by atoms with Gasteiger partial charge in [-0.1, -0.05) is 12.1 Å². The molecule has 2 aromatic rings. The maximum atomic E-state index is 13.8. The van der Waals surface area contributed by atoms with Crippen LogP contribution in [-0.2, 0) is 6.54 Å². The Bertz CT molecular complexity index is 685. The van der Waals surface area contributed by atoms with Gasteiger partial charge in [0, 0.05) is 13.6 Å². The number of benzene rings is 2. The highest BCUT2D eigenvalue weighted by atomic mass is 19.2. The monoisotopic (exact) mass is 293 g/mol. The van der Waals surface area contributed by atoms with Crippen molar-refractivity contribution >= 4 is 5.91 Å². The van der Waals surface area contributed by atoms with E-state index in [1.807, 2.05) is 0 Å². The summed E-state index contributed by atoms with van der Waals surface area (Å²) in [5.41, 5.74) is 1.09. The average molecular weight is 293 g/mol.